The van der Waals surface area contributed by atoms with Gasteiger partial charge in [0, 0.05) is 0 Å². The summed E-state index contributed by atoms with van der Waals surface area (Å²) in [5, 5.41) is 0. The van der Waals surface area contributed by atoms with Crippen LogP contribution >= 0.6 is 0 Å². The topological polar surface area (TPSA) is 17.1 Å². The highest BCUT2D eigenvalue weighted by molar-refractivity contribution is 7.61. The van der Waals surface area contributed by atoms with Crippen molar-refractivity contribution in [2.45, 2.75) is 51.6 Å². The number of ketones is 1. The van der Waals surface area contributed by atoms with Crippen molar-refractivity contribution in [2.75, 3.05) is 0 Å². The van der Waals surface area contributed by atoms with Crippen LogP contribution in [0.2, 0.25) is 6.32 Å². The first-order valence-electron chi connectivity index (χ1n) is 10.9. The van der Waals surface area contributed by atoms with Crippen molar-refractivity contribution < 1.29 is 4.79 Å². The van der Waals surface area contributed by atoms with E-state index >= 15 is 0 Å². The third-order valence-corrected chi connectivity index (χ3v) is 6.33. The number of unbranched alkanes of at least 4 members (excludes halogenated alkanes) is 1. The first kappa shape index (κ1) is 24.0. The van der Waals surface area contributed by atoms with Crippen LogP contribution in [0.5, 0.6) is 0 Å². The van der Waals surface area contributed by atoms with Crippen molar-refractivity contribution in [3.8, 4) is 0 Å². The van der Waals surface area contributed by atoms with Crippen molar-refractivity contribution in [1.82, 2.24) is 0 Å². The maximum Gasteiger partial charge on any atom is 0.183 e. The van der Waals surface area contributed by atoms with Gasteiger partial charge in [-0.15, -0.1) is 0 Å². The number of benzene rings is 3. The lowest BCUT2D eigenvalue weighted by Gasteiger charge is -2.43. The SMILES string of the molecule is CC(=O)C(C)(C)[SH2+].CCCC[B-](c1ccccc1)(c1ccccc1)c1ccccc1. The standard InChI is InChI=1S/C22H24B.C5H10OS/c1-2-3-19-23(20-13-7-4-8-14-20,21-15-9-5-10-16-21)22-17-11-6-12-18-22;1-4(6)5(2,3)7/h4-18H,2-3,19H2,1H3;7H,1-3H3/q-1;/p+1. The van der Waals surface area contributed by atoms with E-state index in [1.165, 1.54) is 35.6 Å². The fraction of sp³-hybridized carbons (Fsp3) is 0.296. The van der Waals surface area contributed by atoms with E-state index in [1.54, 1.807) is 6.92 Å². The van der Waals surface area contributed by atoms with E-state index in [0.29, 0.717) is 0 Å². The Morgan fingerprint density at radius 2 is 1.07 bits per heavy atom. The fourth-order valence-corrected chi connectivity index (χ4v) is 3.93. The lowest BCUT2D eigenvalue weighted by molar-refractivity contribution is -0.118. The zero-order chi connectivity index (χ0) is 22.0. The van der Waals surface area contributed by atoms with Gasteiger partial charge in [0.15, 0.2) is 10.5 Å². The maximum absolute atomic E-state index is 10.4. The van der Waals surface area contributed by atoms with Gasteiger partial charge in [0.2, 0.25) is 0 Å². The summed E-state index contributed by atoms with van der Waals surface area (Å²) in [7, 11) is 0. The molecule has 158 valence electrons. The molecule has 0 radical (unpaired) electrons. The molecular weight excluding hydrogens is 383 g/mol. The van der Waals surface area contributed by atoms with Gasteiger partial charge in [0.25, 0.3) is 0 Å². The van der Waals surface area contributed by atoms with Gasteiger partial charge in [0.05, 0.1) is 6.15 Å². The molecule has 3 aromatic carbocycles. The molecule has 0 N–H and O–H groups in total. The van der Waals surface area contributed by atoms with Crippen molar-refractivity contribution in [3.05, 3.63) is 91.0 Å². The highest BCUT2D eigenvalue weighted by atomic mass is 32.1. The summed E-state index contributed by atoms with van der Waals surface area (Å²) in [6.07, 6.45) is 2.73. The third kappa shape index (κ3) is 6.12. The summed E-state index contributed by atoms with van der Waals surface area (Å²) in [5.41, 5.74) is 4.33. The van der Waals surface area contributed by atoms with Crippen LogP contribution in [0.3, 0.4) is 0 Å². The predicted octanol–water partition coefficient (Wildman–Crippen LogP) is 4.32. The van der Waals surface area contributed by atoms with Crippen LogP contribution in [0, 0.1) is 0 Å². The van der Waals surface area contributed by atoms with Gasteiger partial charge in [-0.1, -0.05) is 111 Å². The first-order valence-corrected chi connectivity index (χ1v) is 11.4. The Hall–Kier alpha value is -2.26. The Kier molecular flexibility index (Phi) is 8.98. The monoisotopic (exact) mass is 418 g/mol. The Bertz CT molecular complexity index is 790. The smallest absolute Gasteiger partial charge is 0.183 e. The average molecular weight is 418 g/mol. The molecule has 0 atom stereocenters. The van der Waals surface area contributed by atoms with Crippen molar-refractivity contribution in [2.24, 2.45) is 0 Å². The van der Waals surface area contributed by atoms with Gasteiger partial charge in [-0.3, -0.25) is 4.79 Å². The minimum Gasteiger partial charge on any atom is -0.294 e. The Morgan fingerprint density at radius 1 is 0.767 bits per heavy atom. The fourth-order valence-electron chi connectivity index (χ4n) is 3.93. The summed E-state index contributed by atoms with van der Waals surface area (Å²) in [4.78, 5) is 10.4. The molecule has 0 saturated heterocycles. The zero-order valence-corrected chi connectivity index (χ0v) is 19.8. The van der Waals surface area contributed by atoms with E-state index in [4.69, 9.17) is 0 Å². The molecule has 0 aliphatic heterocycles. The van der Waals surface area contributed by atoms with E-state index in [9.17, 15) is 4.79 Å². The normalized spacial score (nSPS) is 11.4. The quantitative estimate of drug-likeness (QED) is 0.413. The van der Waals surface area contributed by atoms with Crippen LogP contribution in [0.25, 0.3) is 0 Å². The number of carbonyl (C=O) groups excluding carboxylic acids is 1. The molecule has 3 heteroatoms. The van der Waals surface area contributed by atoms with Crippen molar-refractivity contribution in [3.63, 3.8) is 0 Å². The number of hydrogen-bond donors (Lipinski definition) is 0. The van der Waals surface area contributed by atoms with Crippen LogP contribution in [-0.4, -0.2) is 16.7 Å². The van der Waals surface area contributed by atoms with Gasteiger partial charge in [-0.2, -0.15) is 22.7 Å². The molecule has 0 aliphatic rings. The molecule has 0 fully saturated rings. The highest BCUT2D eigenvalue weighted by Crippen LogP contribution is 2.16. The van der Waals surface area contributed by atoms with Crippen LogP contribution in [-0.2, 0) is 17.4 Å². The molecule has 3 aromatic rings. The third-order valence-electron chi connectivity index (χ3n) is 5.98. The molecule has 0 bridgehead atoms. The lowest BCUT2D eigenvalue weighted by atomic mass is 9.14. The molecule has 0 heterocycles. The molecule has 0 amide bonds. The molecule has 0 spiro atoms. The van der Waals surface area contributed by atoms with Crippen LogP contribution < -0.4 is 16.4 Å². The van der Waals surface area contributed by atoms with E-state index in [2.05, 4.69) is 111 Å². The number of rotatable bonds is 7. The van der Waals surface area contributed by atoms with Crippen LogP contribution in [0.15, 0.2) is 91.0 Å². The molecule has 1 nitrogen and oxygen atoms in total. The minimum atomic E-state index is -0.913. The minimum absolute atomic E-state index is 0.157. The number of Topliss-reactive ketones (excluding diaryl/α,β-unsaturated/α-hetero) is 1. The lowest BCUT2D eigenvalue weighted by Crippen LogP contribution is -2.66. The van der Waals surface area contributed by atoms with E-state index in [1.807, 2.05) is 13.8 Å². The number of carbonyl (C=O) groups is 1. The van der Waals surface area contributed by atoms with E-state index < -0.39 is 6.15 Å². The Balaban J connectivity index is 0.000000396. The van der Waals surface area contributed by atoms with Gasteiger partial charge in [-0.05, 0) is 33.4 Å². The first-order chi connectivity index (χ1) is 14.3. The summed E-state index contributed by atoms with van der Waals surface area (Å²) >= 11 is 3.24. The van der Waals surface area contributed by atoms with Crippen LogP contribution in [0.4, 0.5) is 0 Å². The molecule has 0 aromatic heterocycles. The average Bonchev–Trinajstić information content (AvgIpc) is 2.76. The van der Waals surface area contributed by atoms with Gasteiger partial charge in [-0.25, -0.2) is 0 Å². The Morgan fingerprint density at radius 3 is 1.30 bits per heavy atom. The van der Waals surface area contributed by atoms with Gasteiger partial charge in [0.1, 0.15) is 0 Å². The second-order valence-electron chi connectivity index (χ2n) is 8.60. The molecule has 0 unspecified atom stereocenters. The predicted molar refractivity (Wildman–Crippen MR) is 139 cm³/mol. The van der Waals surface area contributed by atoms with E-state index in [-0.39, 0.29) is 10.5 Å². The second kappa shape index (κ2) is 11.2. The van der Waals surface area contributed by atoms with E-state index in [0.717, 1.165) is 0 Å². The largest absolute Gasteiger partial charge is 0.294 e. The molecule has 0 saturated carbocycles. The second-order valence-corrected chi connectivity index (χ2v) is 9.85. The Labute approximate surface area is 188 Å². The summed E-state index contributed by atoms with van der Waals surface area (Å²) in [6, 6.07) is 33.2. The molecule has 0 aliphatic carbocycles. The summed E-state index contributed by atoms with van der Waals surface area (Å²) < 4.78 is -0.333. The number of hydrogen-bond acceptors (Lipinski definition) is 1. The molecule has 30 heavy (non-hydrogen) atoms. The van der Waals surface area contributed by atoms with Gasteiger partial charge >= 0.3 is 0 Å². The highest BCUT2D eigenvalue weighted by Gasteiger charge is 2.28. The zero-order valence-electron chi connectivity index (χ0n) is 18.8. The summed E-state index contributed by atoms with van der Waals surface area (Å²) in [6.45, 7) is 7.49. The summed E-state index contributed by atoms with van der Waals surface area (Å²) in [5.74, 6) is 0.157. The van der Waals surface area contributed by atoms with Crippen molar-refractivity contribution in [1.29, 1.82) is 0 Å². The molecular formula is C27H35BOS. The van der Waals surface area contributed by atoms with Crippen molar-refractivity contribution >= 4 is 40.9 Å². The maximum atomic E-state index is 10.4. The molecule has 3 rings (SSSR count). The van der Waals surface area contributed by atoms with Crippen LogP contribution in [0.1, 0.15) is 40.5 Å². The van der Waals surface area contributed by atoms with Gasteiger partial charge < -0.3 is 0 Å².